The number of hydrazone groups is 1. The Hall–Kier alpha value is -4.51. The van der Waals surface area contributed by atoms with Crippen molar-refractivity contribution >= 4 is 44.5 Å². The first-order valence-corrected chi connectivity index (χ1v) is 11.0. The molecular weight excluding hydrogens is 472 g/mol. The number of hydrogen-bond acceptors (Lipinski definition) is 9. The van der Waals surface area contributed by atoms with Crippen LogP contribution in [0.2, 0.25) is 0 Å². The van der Waals surface area contributed by atoms with Crippen LogP contribution in [-0.2, 0) is 0 Å². The van der Waals surface area contributed by atoms with Crippen LogP contribution in [0.25, 0.3) is 10.2 Å². The summed E-state index contributed by atoms with van der Waals surface area (Å²) in [5.74, 6) is 1.10. The molecule has 0 N–H and O–H groups in total. The fraction of sp³-hybridized carbons (Fsp3) is 0.125. The summed E-state index contributed by atoms with van der Waals surface area (Å²) in [6, 6.07) is 16.0. The first-order valence-electron chi connectivity index (χ1n) is 10.2. The summed E-state index contributed by atoms with van der Waals surface area (Å²) in [5.41, 5.74) is 1.52. The van der Waals surface area contributed by atoms with Crippen LogP contribution >= 0.6 is 11.3 Å². The zero-order valence-corrected chi connectivity index (χ0v) is 19.8. The molecule has 11 heteroatoms. The molecule has 0 aliphatic rings. The van der Waals surface area contributed by atoms with Crippen LogP contribution in [0, 0.1) is 10.1 Å². The Balaban J connectivity index is 1.75. The van der Waals surface area contributed by atoms with Crippen molar-refractivity contribution in [1.29, 1.82) is 0 Å². The van der Waals surface area contributed by atoms with Gasteiger partial charge in [0, 0.05) is 17.7 Å². The molecule has 0 spiro atoms. The summed E-state index contributed by atoms with van der Waals surface area (Å²) in [6.45, 7) is 0. The van der Waals surface area contributed by atoms with Gasteiger partial charge in [0.05, 0.1) is 42.7 Å². The number of aromatic nitrogens is 1. The fourth-order valence-electron chi connectivity index (χ4n) is 3.20. The lowest BCUT2D eigenvalue weighted by molar-refractivity contribution is -0.384. The first kappa shape index (κ1) is 23.6. The number of carbonyl (C=O) groups excluding carboxylic acids is 1. The van der Waals surface area contributed by atoms with Gasteiger partial charge in [-0.2, -0.15) is 10.1 Å². The summed E-state index contributed by atoms with van der Waals surface area (Å²) in [6.07, 6.45) is 1.44. The molecule has 0 fully saturated rings. The third kappa shape index (κ3) is 5.04. The number of anilines is 1. The zero-order valence-electron chi connectivity index (χ0n) is 19.0. The number of nitro groups is 1. The van der Waals surface area contributed by atoms with E-state index >= 15 is 0 Å². The minimum Gasteiger partial charge on any atom is -0.497 e. The van der Waals surface area contributed by atoms with Gasteiger partial charge in [-0.15, -0.1) is 0 Å². The molecule has 1 aromatic heterocycles. The number of nitro benzene ring substituents is 1. The first-order chi connectivity index (χ1) is 16.9. The molecule has 0 aliphatic carbocycles. The van der Waals surface area contributed by atoms with Crippen molar-refractivity contribution in [3.05, 3.63) is 81.9 Å². The highest BCUT2D eigenvalue weighted by Crippen LogP contribution is 2.34. The van der Waals surface area contributed by atoms with E-state index in [0.29, 0.717) is 39.0 Å². The van der Waals surface area contributed by atoms with E-state index in [2.05, 4.69) is 10.1 Å². The van der Waals surface area contributed by atoms with Crippen molar-refractivity contribution in [3.8, 4) is 17.2 Å². The number of fused-ring (bicyclic) bond motifs is 1. The molecule has 0 bridgehead atoms. The van der Waals surface area contributed by atoms with Gasteiger partial charge in [0.1, 0.15) is 5.75 Å². The summed E-state index contributed by atoms with van der Waals surface area (Å²) in [7, 11) is 4.57. The van der Waals surface area contributed by atoms with Gasteiger partial charge in [-0.1, -0.05) is 11.3 Å². The lowest BCUT2D eigenvalue weighted by Gasteiger charge is -2.15. The summed E-state index contributed by atoms with van der Waals surface area (Å²) in [4.78, 5) is 28.6. The van der Waals surface area contributed by atoms with E-state index in [1.165, 1.54) is 48.9 Å². The predicted molar refractivity (Wildman–Crippen MR) is 133 cm³/mol. The van der Waals surface area contributed by atoms with Crippen molar-refractivity contribution < 1.29 is 23.9 Å². The topological polar surface area (TPSA) is 116 Å². The number of amides is 1. The highest BCUT2D eigenvalue weighted by atomic mass is 32.1. The van der Waals surface area contributed by atoms with Crippen LogP contribution in [0.3, 0.4) is 0 Å². The Morgan fingerprint density at radius 1 is 1.00 bits per heavy atom. The number of non-ortho nitro benzene ring substituents is 1. The quantitative estimate of drug-likeness (QED) is 0.195. The Morgan fingerprint density at radius 3 is 2.40 bits per heavy atom. The lowest BCUT2D eigenvalue weighted by Crippen LogP contribution is -2.25. The van der Waals surface area contributed by atoms with E-state index < -0.39 is 10.8 Å². The molecule has 4 aromatic rings. The molecule has 35 heavy (non-hydrogen) atoms. The Kier molecular flexibility index (Phi) is 6.88. The van der Waals surface area contributed by atoms with E-state index in [-0.39, 0.29) is 5.69 Å². The average molecular weight is 493 g/mol. The van der Waals surface area contributed by atoms with Gasteiger partial charge in [0.25, 0.3) is 11.6 Å². The second-order valence-electron chi connectivity index (χ2n) is 7.11. The van der Waals surface area contributed by atoms with Gasteiger partial charge >= 0.3 is 0 Å². The van der Waals surface area contributed by atoms with Crippen LogP contribution in [0.15, 0.2) is 65.8 Å². The third-order valence-electron chi connectivity index (χ3n) is 5.01. The van der Waals surface area contributed by atoms with E-state index in [0.717, 1.165) is 4.70 Å². The van der Waals surface area contributed by atoms with Crippen LogP contribution < -0.4 is 19.2 Å². The van der Waals surface area contributed by atoms with Gasteiger partial charge < -0.3 is 14.2 Å². The molecule has 0 atom stereocenters. The highest BCUT2D eigenvalue weighted by molar-refractivity contribution is 7.22. The van der Waals surface area contributed by atoms with E-state index in [1.54, 1.807) is 49.6 Å². The van der Waals surface area contributed by atoms with Crippen LogP contribution in [0.4, 0.5) is 10.8 Å². The molecule has 0 radical (unpaired) electrons. The monoisotopic (exact) mass is 492 g/mol. The SMILES string of the molecule is COc1ccc2nc(N(/N=C/c3ccc([N+](=O)[O-])cc3)C(=O)c3ccc(OC)c(OC)c3)sc2c1. The second-order valence-corrected chi connectivity index (χ2v) is 8.12. The largest absolute Gasteiger partial charge is 0.497 e. The number of ether oxygens (including phenoxy) is 3. The summed E-state index contributed by atoms with van der Waals surface area (Å²) in [5, 5.41) is 16.8. The maximum atomic E-state index is 13.5. The molecule has 10 nitrogen and oxygen atoms in total. The van der Waals surface area contributed by atoms with Crippen molar-refractivity contribution in [2.24, 2.45) is 5.10 Å². The van der Waals surface area contributed by atoms with E-state index in [4.69, 9.17) is 14.2 Å². The number of hydrogen-bond donors (Lipinski definition) is 0. The predicted octanol–water partition coefficient (Wildman–Crippen LogP) is 4.91. The highest BCUT2D eigenvalue weighted by Gasteiger charge is 2.22. The van der Waals surface area contributed by atoms with E-state index in [1.807, 2.05) is 6.07 Å². The molecule has 0 aliphatic heterocycles. The average Bonchev–Trinajstić information content (AvgIpc) is 3.31. The van der Waals surface area contributed by atoms with Gasteiger partial charge in [0.15, 0.2) is 11.5 Å². The molecule has 0 saturated carbocycles. The van der Waals surface area contributed by atoms with Gasteiger partial charge in [-0.25, -0.2) is 4.98 Å². The fourth-order valence-corrected chi connectivity index (χ4v) is 4.15. The number of rotatable bonds is 8. The summed E-state index contributed by atoms with van der Waals surface area (Å²) < 4.78 is 16.7. The van der Waals surface area contributed by atoms with Crippen LogP contribution in [0.1, 0.15) is 15.9 Å². The number of carbonyl (C=O) groups is 1. The molecule has 0 saturated heterocycles. The van der Waals surface area contributed by atoms with E-state index in [9.17, 15) is 14.9 Å². The molecule has 3 aromatic carbocycles. The van der Waals surface area contributed by atoms with Crippen LogP contribution in [-0.4, -0.2) is 43.4 Å². The smallest absolute Gasteiger partial charge is 0.280 e. The van der Waals surface area contributed by atoms with Crippen molar-refractivity contribution in [3.63, 3.8) is 0 Å². The molecule has 1 amide bonds. The normalized spacial score (nSPS) is 10.9. The van der Waals surface area contributed by atoms with Gasteiger partial charge in [-0.3, -0.25) is 14.9 Å². The number of benzene rings is 3. The summed E-state index contributed by atoms with van der Waals surface area (Å²) >= 11 is 1.27. The zero-order chi connectivity index (χ0) is 24.9. The number of nitrogens with zero attached hydrogens (tertiary/aromatic N) is 4. The van der Waals surface area contributed by atoms with Crippen LogP contribution in [0.5, 0.6) is 17.2 Å². The molecule has 1 heterocycles. The van der Waals surface area contributed by atoms with Gasteiger partial charge in [0.2, 0.25) is 5.13 Å². The Morgan fingerprint density at radius 2 is 1.74 bits per heavy atom. The number of thiazole rings is 1. The Labute approximate surface area is 204 Å². The minimum atomic E-state index is -0.483. The molecule has 4 rings (SSSR count). The second kappa shape index (κ2) is 10.2. The third-order valence-corrected chi connectivity index (χ3v) is 6.01. The standard InChI is InChI=1S/C24H20N4O6S/c1-32-18-9-10-19-22(13-18)35-24(26-19)27(25-14-15-4-7-17(8-5-15)28(30)31)23(29)16-6-11-20(33-2)21(12-16)34-3/h4-14H,1-3H3/b25-14+. The maximum absolute atomic E-state index is 13.5. The molecule has 178 valence electrons. The minimum absolute atomic E-state index is 0.0412. The van der Waals surface area contributed by atoms with Gasteiger partial charge in [-0.05, 0) is 54.1 Å². The molecular formula is C24H20N4O6S. The maximum Gasteiger partial charge on any atom is 0.280 e. The lowest BCUT2D eigenvalue weighted by atomic mass is 10.2. The number of methoxy groups -OCH3 is 3. The van der Waals surface area contributed by atoms with Crippen molar-refractivity contribution in [2.45, 2.75) is 0 Å². The molecule has 0 unspecified atom stereocenters. The van der Waals surface area contributed by atoms with Crippen molar-refractivity contribution in [1.82, 2.24) is 4.98 Å². The Bertz CT molecular complexity index is 1420. The van der Waals surface area contributed by atoms with Crippen molar-refractivity contribution in [2.75, 3.05) is 26.3 Å².